The first kappa shape index (κ1) is 18.0. The Balaban J connectivity index is 1.73. The van der Waals surface area contributed by atoms with Crippen molar-refractivity contribution in [2.75, 3.05) is 33.3 Å². The molecule has 0 aliphatic carbocycles. The molecule has 23 heavy (non-hydrogen) atoms. The van der Waals surface area contributed by atoms with Gasteiger partial charge in [0.1, 0.15) is 0 Å². The van der Waals surface area contributed by atoms with Crippen molar-refractivity contribution in [3.63, 3.8) is 0 Å². The van der Waals surface area contributed by atoms with E-state index in [0.29, 0.717) is 23.2 Å². The Hall–Kier alpha value is -1.36. The fraction of sp³-hybridized carbons (Fsp3) is 0.500. The first-order valence-corrected chi connectivity index (χ1v) is 8.43. The fourth-order valence-corrected chi connectivity index (χ4v) is 2.84. The molecule has 1 aromatic rings. The molecule has 0 aromatic heterocycles. The van der Waals surface area contributed by atoms with Crippen LogP contribution in [0, 0.1) is 0 Å². The van der Waals surface area contributed by atoms with Crippen LogP contribution in [-0.2, 0) is 9.53 Å². The van der Waals surface area contributed by atoms with E-state index in [2.05, 4.69) is 10.2 Å². The van der Waals surface area contributed by atoms with E-state index >= 15 is 0 Å². The Kier molecular flexibility index (Phi) is 7.09. The van der Waals surface area contributed by atoms with Crippen molar-refractivity contribution < 1.29 is 9.53 Å². The number of halogens is 1. The quantitative estimate of drug-likeness (QED) is 0.812. The van der Waals surface area contributed by atoms with Crippen molar-refractivity contribution in [3.05, 3.63) is 40.4 Å². The standard InChI is InChI=1S/C18H25ClN2O2/c1-14(13-15-3-5-16(19)6-4-15)18(22)20-9-12-21-10-7-17(23-2)8-11-21/h3-6,13,17H,7-12H2,1-2H3,(H,20,22)/b14-13+. The summed E-state index contributed by atoms with van der Waals surface area (Å²) in [4.78, 5) is 14.5. The number of amides is 1. The molecule has 0 saturated carbocycles. The van der Waals surface area contributed by atoms with E-state index in [0.717, 1.165) is 38.0 Å². The number of hydrogen-bond donors (Lipinski definition) is 1. The Morgan fingerprint density at radius 2 is 2.00 bits per heavy atom. The highest BCUT2D eigenvalue weighted by molar-refractivity contribution is 6.30. The van der Waals surface area contributed by atoms with Gasteiger partial charge in [0.15, 0.2) is 0 Å². The smallest absolute Gasteiger partial charge is 0.246 e. The zero-order chi connectivity index (χ0) is 16.7. The molecule has 0 atom stereocenters. The van der Waals surface area contributed by atoms with Crippen molar-refractivity contribution in [3.8, 4) is 0 Å². The van der Waals surface area contributed by atoms with Gasteiger partial charge in [0.25, 0.3) is 0 Å². The number of nitrogens with one attached hydrogen (secondary N) is 1. The third-order valence-corrected chi connectivity index (χ3v) is 4.44. The van der Waals surface area contributed by atoms with Gasteiger partial charge in [0.05, 0.1) is 6.10 Å². The molecule has 5 heteroatoms. The maximum Gasteiger partial charge on any atom is 0.246 e. The molecule has 1 aliphatic rings. The molecule has 1 heterocycles. The first-order valence-electron chi connectivity index (χ1n) is 8.05. The summed E-state index contributed by atoms with van der Waals surface area (Å²) in [6.45, 7) is 5.45. The van der Waals surface area contributed by atoms with Gasteiger partial charge in [-0.3, -0.25) is 4.79 Å². The van der Waals surface area contributed by atoms with Gasteiger partial charge in [-0.15, -0.1) is 0 Å². The number of piperidine rings is 1. The Morgan fingerprint density at radius 1 is 1.35 bits per heavy atom. The van der Waals surface area contributed by atoms with Crippen LogP contribution in [0.25, 0.3) is 6.08 Å². The zero-order valence-electron chi connectivity index (χ0n) is 13.8. The third kappa shape index (κ3) is 5.98. The van der Waals surface area contributed by atoms with Crippen LogP contribution in [0.4, 0.5) is 0 Å². The van der Waals surface area contributed by atoms with Crippen molar-refractivity contribution >= 4 is 23.6 Å². The summed E-state index contributed by atoms with van der Waals surface area (Å²) in [7, 11) is 1.77. The molecule has 0 bridgehead atoms. The molecule has 126 valence electrons. The molecule has 0 spiro atoms. The molecular formula is C18H25ClN2O2. The molecule has 2 rings (SSSR count). The maximum absolute atomic E-state index is 12.1. The number of likely N-dealkylation sites (tertiary alicyclic amines) is 1. The molecule has 1 aromatic carbocycles. The lowest BCUT2D eigenvalue weighted by Crippen LogP contribution is -2.41. The second-order valence-corrected chi connectivity index (χ2v) is 6.35. The number of methoxy groups -OCH3 is 1. The second kappa shape index (κ2) is 9.06. The van der Waals surface area contributed by atoms with Gasteiger partial charge in [0.2, 0.25) is 5.91 Å². The van der Waals surface area contributed by atoms with Crippen LogP contribution in [0.1, 0.15) is 25.3 Å². The van der Waals surface area contributed by atoms with E-state index in [4.69, 9.17) is 16.3 Å². The Morgan fingerprint density at radius 3 is 2.61 bits per heavy atom. The summed E-state index contributed by atoms with van der Waals surface area (Å²) < 4.78 is 5.37. The summed E-state index contributed by atoms with van der Waals surface area (Å²) >= 11 is 5.86. The van der Waals surface area contributed by atoms with E-state index in [1.807, 2.05) is 37.3 Å². The van der Waals surface area contributed by atoms with E-state index in [-0.39, 0.29) is 5.91 Å². The van der Waals surface area contributed by atoms with Crippen molar-refractivity contribution in [2.45, 2.75) is 25.9 Å². The molecule has 0 unspecified atom stereocenters. The van der Waals surface area contributed by atoms with Crippen LogP contribution in [0.2, 0.25) is 5.02 Å². The maximum atomic E-state index is 12.1. The predicted octanol–water partition coefficient (Wildman–Crippen LogP) is 2.97. The number of nitrogens with zero attached hydrogens (tertiary/aromatic N) is 1. The van der Waals surface area contributed by atoms with E-state index < -0.39 is 0 Å². The summed E-state index contributed by atoms with van der Waals surface area (Å²) in [6.07, 6.45) is 4.40. The van der Waals surface area contributed by atoms with E-state index in [1.54, 1.807) is 7.11 Å². The molecular weight excluding hydrogens is 312 g/mol. The average Bonchev–Trinajstić information content (AvgIpc) is 2.57. The molecule has 1 saturated heterocycles. The monoisotopic (exact) mass is 336 g/mol. The number of benzene rings is 1. The van der Waals surface area contributed by atoms with Crippen molar-refractivity contribution in [2.24, 2.45) is 0 Å². The van der Waals surface area contributed by atoms with E-state index in [9.17, 15) is 4.79 Å². The average molecular weight is 337 g/mol. The largest absolute Gasteiger partial charge is 0.381 e. The lowest BCUT2D eigenvalue weighted by Gasteiger charge is -2.31. The summed E-state index contributed by atoms with van der Waals surface area (Å²) in [5.74, 6) is -0.0215. The van der Waals surface area contributed by atoms with Gasteiger partial charge in [-0.05, 0) is 43.5 Å². The number of carbonyl (C=O) groups excluding carboxylic acids is 1. The Labute approximate surface area is 143 Å². The highest BCUT2D eigenvalue weighted by Gasteiger charge is 2.18. The summed E-state index contributed by atoms with van der Waals surface area (Å²) in [5, 5.41) is 3.68. The molecule has 1 N–H and O–H groups in total. The molecule has 4 nitrogen and oxygen atoms in total. The fourth-order valence-electron chi connectivity index (χ4n) is 2.71. The van der Waals surface area contributed by atoms with Crippen LogP contribution < -0.4 is 5.32 Å². The van der Waals surface area contributed by atoms with Gasteiger partial charge < -0.3 is 15.0 Å². The lowest BCUT2D eigenvalue weighted by atomic mass is 10.1. The Bertz CT molecular complexity index is 534. The van der Waals surface area contributed by atoms with Crippen LogP contribution in [0.5, 0.6) is 0 Å². The van der Waals surface area contributed by atoms with Gasteiger partial charge in [0, 0.05) is 43.9 Å². The van der Waals surface area contributed by atoms with Crippen LogP contribution in [0.3, 0.4) is 0 Å². The molecule has 1 fully saturated rings. The van der Waals surface area contributed by atoms with Gasteiger partial charge in [-0.25, -0.2) is 0 Å². The van der Waals surface area contributed by atoms with Gasteiger partial charge in [-0.1, -0.05) is 23.7 Å². The molecule has 1 amide bonds. The lowest BCUT2D eigenvalue weighted by molar-refractivity contribution is -0.117. The number of hydrogen-bond acceptors (Lipinski definition) is 3. The van der Waals surface area contributed by atoms with Crippen molar-refractivity contribution in [1.29, 1.82) is 0 Å². The van der Waals surface area contributed by atoms with Crippen LogP contribution >= 0.6 is 11.6 Å². The minimum atomic E-state index is -0.0215. The third-order valence-electron chi connectivity index (χ3n) is 4.19. The number of carbonyl (C=O) groups is 1. The number of rotatable bonds is 6. The number of ether oxygens (including phenoxy) is 1. The molecule has 1 aliphatic heterocycles. The molecule has 0 radical (unpaired) electrons. The van der Waals surface area contributed by atoms with Crippen molar-refractivity contribution in [1.82, 2.24) is 10.2 Å². The topological polar surface area (TPSA) is 41.6 Å². The summed E-state index contributed by atoms with van der Waals surface area (Å²) in [5.41, 5.74) is 1.68. The van der Waals surface area contributed by atoms with E-state index in [1.165, 1.54) is 0 Å². The van der Waals surface area contributed by atoms with Gasteiger partial charge in [-0.2, -0.15) is 0 Å². The zero-order valence-corrected chi connectivity index (χ0v) is 14.6. The minimum Gasteiger partial charge on any atom is -0.381 e. The van der Waals surface area contributed by atoms with Crippen LogP contribution in [0.15, 0.2) is 29.8 Å². The van der Waals surface area contributed by atoms with Crippen LogP contribution in [-0.4, -0.2) is 50.2 Å². The normalized spacial score (nSPS) is 17.3. The minimum absolute atomic E-state index is 0.0215. The predicted molar refractivity (Wildman–Crippen MR) is 94.6 cm³/mol. The first-order chi connectivity index (χ1) is 11.1. The second-order valence-electron chi connectivity index (χ2n) is 5.91. The highest BCUT2D eigenvalue weighted by atomic mass is 35.5. The highest BCUT2D eigenvalue weighted by Crippen LogP contribution is 2.13. The SMILES string of the molecule is COC1CCN(CCNC(=O)/C(C)=C/c2ccc(Cl)cc2)CC1. The van der Waals surface area contributed by atoms with Gasteiger partial charge >= 0.3 is 0 Å². The summed E-state index contributed by atoms with van der Waals surface area (Å²) in [6, 6.07) is 7.45.